The van der Waals surface area contributed by atoms with Gasteiger partial charge in [0.25, 0.3) is 0 Å². The summed E-state index contributed by atoms with van der Waals surface area (Å²) in [6.45, 7) is 4.41. The van der Waals surface area contributed by atoms with Crippen LogP contribution in [0.3, 0.4) is 0 Å². The lowest BCUT2D eigenvalue weighted by Crippen LogP contribution is -2.27. The third-order valence-electron chi connectivity index (χ3n) is 3.33. The molecule has 0 amide bonds. The van der Waals surface area contributed by atoms with Gasteiger partial charge in [-0.05, 0) is 41.7 Å². The normalized spacial score (nSPS) is 19.2. The monoisotopic (exact) mass is 380 g/mol. The van der Waals surface area contributed by atoms with Crippen LogP contribution in [-0.4, -0.2) is 34.2 Å². The Kier molecular flexibility index (Phi) is 6.24. The highest BCUT2D eigenvalue weighted by Crippen LogP contribution is 2.26. The largest absolute Gasteiger partial charge is 0.452 e. The van der Waals surface area contributed by atoms with Gasteiger partial charge in [0, 0.05) is 19.2 Å². The lowest BCUT2D eigenvalue weighted by atomic mass is 10.2. The summed E-state index contributed by atoms with van der Waals surface area (Å²) in [6, 6.07) is 1.54. The molecule has 1 aromatic heterocycles. The van der Waals surface area contributed by atoms with Crippen molar-refractivity contribution in [1.29, 1.82) is 0 Å². The molecule has 0 bridgehead atoms. The first kappa shape index (κ1) is 17.0. The second-order valence-corrected chi connectivity index (χ2v) is 7.41. The summed E-state index contributed by atoms with van der Waals surface area (Å²) < 4.78 is 38.2. The van der Waals surface area contributed by atoms with E-state index in [9.17, 15) is 8.42 Å². The summed E-state index contributed by atoms with van der Waals surface area (Å²) >= 11 is 3.16. The van der Waals surface area contributed by atoms with E-state index < -0.39 is 10.0 Å². The third-order valence-corrected chi connectivity index (χ3v) is 5.65. The van der Waals surface area contributed by atoms with Crippen LogP contribution < -0.4 is 10.0 Å². The smallest absolute Gasteiger partial charge is 0.244 e. The maximum absolute atomic E-state index is 12.3. The number of ether oxygens (including phenoxy) is 1. The molecule has 1 aliphatic rings. The molecular formula is C13H21BrN2O4S. The van der Waals surface area contributed by atoms with Crippen LogP contribution in [0.1, 0.15) is 31.9 Å². The molecule has 8 heteroatoms. The van der Waals surface area contributed by atoms with Crippen molar-refractivity contribution >= 4 is 26.0 Å². The van der Waals surface area contributed by atoms with Crippen molar-refractivity contribution in [1.82, 2.24) is 10.0 Å². The lowest BCUT2D eigenvalue weighted by Gasteiger charge is -2.09. The molecule has 0 aromatic carbocycles. The van der Waals surface area contributed by atoms with E-state index >= 15 is 0 Å². The molecule has 1 aromatic rings. The first-order valence-corrected chi connectivity index (χ1v) is 9.40. The van der Waals surface area contributed by atoms with Gasteiger partial charge >= 0.3 is 0 Å². The predicted octanol–water partition coefficient (Wildman–Crippen LogP) is 2.00. The zero-order valence-electron chi connectivity index (χ0n) is 12.0. The van der Waals surface area contributed by atoms with Gasteiger partial charge in [0.2, 0.25) is 10.0 Å². The quantitative estimate of drug-likeness (QED) is 0.720. The van der Waals surface area contributed by atoms with Crippen LogP contribution in [0.25, 0.3) is 0 Å². The Balaban J connectivity index is 1.93. The summed E-state index contributed by atoms with van der Waals surface area (Å²) in [7, 11) is -3.56. The Morgan fingerprint density at radius 1 is 1.48 bits per heavy atom. The predicted molar refractivity (Wildman–Crippen MR) is 82.6 cm³/mol. The summed E-state index contributed by atoms with van der Waals surface area (Å²) in [6.07, 6.45) is 2.92. The zero-order valence-corrected chi connectivity index (χ0v) is 14.4. The van der Waals surface area contributed by atoms with E-state index in [0.29, 0.717) is 25.3 Å². The number of hydrogen-bond donors (Lipinski definition) is 2. The number of rotatable bonds is 8. The molecule has 21 heavy (non-hydrogen) atoms. The molecular weight excluding hydrogens is 360 g/mol. The Morgan fingerprint density at radius 2 is 2.29 bits per heavy atom. The molecule has 1 unspecified atom stereocenters. The number of hydrogen-bond acceptors (Lipinski definition) is 5. The first-order chi connectivity index (χ1) is 10.0. The minimum Gasteiger partial charge on any atom is -0.452 e. The second-order valence-electron chi connectivity index (χ2n) is 4.95. The SMILES string of the molecule is CCNCc1cc(S(=O)(=O)NCCC2CCCO2)c(Br)o1. The summed E-state index contributed by atoms with van der Waals surface area (Å²) in [5.74, 6) is 0.586. The van der Waals surface area contributed by atoms with Gasteiger partial charge in [-0.25, -0.2) is 13.1 Å². The highest BCUT2D eigenvalue weighted by molar-refractivity contribution is 9.10. The standard InChI is InChI=1S/C13H21BrN2O4S/c1-2-15-9-11-8-12(13(14)20-11)21(17,18)16-6-5-10-4-3-7-19-10/h8,10,15-16H,2-7,9H2,1H3. The van der Waals surface area contributed by atoms with Crippen molar-refractivity contribution in [3.63, 3.8) is 0 Å². The van der Waals surface area contributed by atoms with Crippen LogP contribution in [0.2, 0.25) is 0 Å². The Bertz CT molecular complexity index is 553. The van der Waals surface area contributed by atoms with Gasteiger partial charge in [-0.1, -0.05) is 6.92 Å². The van der Waals surface area contributed by atoms with Gasteiger partial charge in [0.15, 0.2) is 4.67 Å². The summed E-state index contributed by atoms with van der Waals surface area (Å²) in [4.78, 5) is 0.141. The van der Waals surface area contributed by atoms with E-state index in [1.807, 2.05) is 6.92 Å². The maximum Gasteiger partial charge on any atom is 0.244 e. The molecule has 2 rings (SSSR count). The van der Waals surface area contributed by atoms with Crippen molar-refractivity contribution in [3.8, 4) is 0 Å². The molecule has 1 atom stereocenters. The number of halogens is 1. The number of nitrogens with one attached hydrogen (secondary N) is 2. The van der Waals surface area contributed by atoms with Crippen LogP contribution in [0, 0.1) is 0 Å². The summed E-state index contributed by atoms with van der Waals surface area (Å²) in [5.41, 5.74) is 0. The molecule has 0 aliphatic carbocycles. The van der Waals surface area contributed by atoms with Crippen molar-refractivity contribution in [2.45, 2.75) is 43.7 Å². The van der Waals surface area contributed by atoms with Crippen molar-refractivity contribution < 1.29 is 17.6 Å². The Labute approximate surface area is 133 Å². The fourth-order valence-corrected chi connectivity index (χ4v) is 4.26. The molecule has 1 saturated heterocycles. The van der Waals surface area contributed by atoms with Gasteiger partial charge in [0.05, 0.1) is 12.6 Å². The molecule has 120 valence electrons. The van der Waals surface area contributed by atoms with Crippen LogP contribution in [0.4, 0.5) is 0 Å². The van der Waals surface area contributed by atoms with Crippen molar-refractivity contribution in [2.24, 2.45) is 0 Å². The van der Waals surface area contributed by atoms with Crippen LogP contribution in [-0.2, 0) is 21.3 Å². The average molecular weight is 381 g/mol. The minimum atomic E-state index is -3.56. The molecule has 0 saturated carbocycles. The molecule has 2 N–H and O–H groups in total. The maximum atomic E-state index is 12.3. The van der Waals surface area contributed by atoms with E-state index in [1.165, 1.54) is 0 Å². The minimum absolute atomic E-state index is 0.141. The van der Waals surface area contributed by atoms with E-state index in [4.69, 9.17) is 9.15 Å². The van der Waals surface area contributed by atoms with Gasteiger partial charge in [-0.15, -0.1) is 0 Å². The highest BCUT2D eigenvalue weighted by atomic mass is 79.9. The van der Waals surface area contributed by atoms with Gasteiger partial charge < -0.3 is 14.5 Å². The van der Waals surface area contributed by atoms with Crippen LogP contribution in [0.15, 0.2) is 20.0 Å². The van der Waals surface area contributed by atoms with Crippen molar-refractivity contribution in [3.05, 3.63) is 16.5 Å². The first-order valence-electron chi connectivity index (χ1n) is 7.13. The topological polar surface area (TPSA) is 80.6 Å². The molecule has 0 spiro atoms. The molecule has 6 nitrogen and oxygen atoms in total. The molecule has 1 aliphatic heterocycles. The van der Waals surface area contributed by atoms with Crippen LogP contribution in [0.5, 0.6) is 0 Å². The number of sulfonamides is 1. The third kappa shape index (κ3) is 4.79. The average Bonchev–Trinajstić information content (AvgIpc) is 3.06. The van der Waals surface area contributed by atoms with E-state index in [0.717, 1.165) is 26.0 Å². The van der Waals surface area contributed by atoms with Gasteiger partial charge in [-0.3, -0.25) is 0 Å². The van der Waals surface area contributed by atoms with Crippen molar-refractivity contribution in [2.75, 3.05) is 19.7 Å². The van der Waals surface area contributed by atoms with Crippen LogP contribution >= 0.6 is 15.9 Å². The number of furan rings is 1. The molecule has 2 heterocycles. The fraction of sp³-hybridized carbons (Fsp3) is 0.692. The van der Waals surface area contributed by atoms with Gasteiger partial charge in [0.1, 0.15) is 10.7 Å². The van der Waals surface area contributed by atoms with E-state index in [-0.39, 0.29) is 15.7 Å². The lowest BCUT2D eigenvalue weighted by molar-refractivity contribution is 0.105. The Hall–Kier alpha value is -0.410. The summed E-state index contributed by atoms with van der Waals surface area (Å²) in [5, 5.41) is 3.09. The molecule has 0 radical (unpaired) electrons. The Morgan fingerprint density at radius 3 is 2.95 bits per heavy atom. The second kappa shape index (κ2) is 7.73. The zero-order chi connectivity index (χ0) is 15.3. The van der Waals surface area contributed by atoms with E-state index in [1.54, 1.807) is 6.07 Å². The van der Waals surface area contributed by atoms with Gasteiger partial charge in [-0.2, -0.15) is 0 Å². The fourth-order valence-electron chi connectivity index (χ4n) is 2.22. The van der Waals surface area contributed by atoms with E-state index in [2.05, 4.69) is 26.0 Å². The molecule has 1 fully saturated rings. The highest BCUT2D eigenvalue weighted by Gasteiger charge is 2.23.